The maximum absolute atomic E-state index is 10.6. The van der Waals surface area contributed by atoms with E-state index < -0.39 is 4.92 Å². The Labute approximate surface area is 142 Å². The maximum Gasteiger partial charge on any atom is 0.269 e. The van der Waals surface area contributed by atoms with Crippen LogP contribution in [-0.4, -0.2) is 19.9 Å². The van der Waals surface area contributed by atoms with Gasteiger partial charge < -0.3 is 4.74 Å². The molecule has 3 aromatic rings. The van der Waals surface area contributed by atoms with Gasteiger partial charge in [0.2, 0.25) is 0 Å². The third-order valence-corrected chi connectivity index (χ3v) is 3.53. The van der Waals surface area contributed by atoms with Crippen molar-refractivity contribution in [2.75, 3.05) is 0 Å². The molecule has 0 amide bonds. The molecule has 1 aromatic heterocycles. The van der Waals surface area contributed by atoms with E-state index in [2.05, 4.69) is 10.3 Å². The topological polar surface area (TPSA) is 83.1 Å². The molecule has 8 heteroatoms. The van der Waals surface area contributed by atoms with Crippen molar-refractivity contribution in [3.05, 3.63) is 81.1 Å². The summed E-state index contributed by atoms with van der Waals surface area (Å²) in [6.07, 6.45) is 1.78. The Hall–Kier alpha value is -2.93. The fourth-order valence-electron chi connectivity index (χ4n) is 2.08. The highest BCUT2D eigenvalue weighted by Crippen LogP contribution is 2.17. The summed E-state index contributed by atoms with van der Waals surface area (Å²) in [6, 6.07) is 13.4. The van der Waals surface area contributed by atoms with E-state index in [0.29, 0.717) is 29.6 Å². The van der Waals surface area contributed by atoms with Gasteiger partial charge in [-0.25, -0.2) is 4.68 Å². The first kappa shape index (κ1) is 15.9. The third-order valence-electron chi connectivity index (χ3n) is 3.28. The molecular formula is C16H13ClN4O3. The van der Waals surface area contributed by atoms with Crippen LogP contribution < -0.4 is 4.74 Å². The lowest BCUT2D eigenvalue weighted by Gasteiger charge is -2.03. The predicted molar refractivity (Wildman–Crippen MR) is 88.0 cm³/mol. The predicted octanol–water partition coefficient (Wildman–Crippen LogP) is 3.47. The molecule has 0 N–H and O–H groups in total. The summed E-state index contributed by atoms with van der Waals surface area (Å²) in [7, 11) is 0. The van der Waals surface area contributed by atoms with Crippen molar-refractivity contribution in [2.45, 2.75) is 13.2 Å². The van der Waals surface area contributed by atoms with Crippen LogP contribution in [0, 0.1) is 10.1 Å². The summed E-state index contributed by atoms with van der Waals surface area (Å²) in [5.74, 6) is 0.698. The number of aromatic nitrogens is 3. The van der Waals surface area contributed by atoms with Crippen LogP contribution >= 0.6 is 11.6 Å². The minimum Gasteiger partial charge on any atom is -0.487 e. The monoisotopic (exact) mass is 344 g/mol. The molecule has 3 rings (SSSR count). The fourth-order valence-corrected chi connectivity index (χ4v) is 2.21. The number of nitrogens with zero attached hydrogens (tertiary/aromatic N) is 4. The number of non-ortho nitro benzene ring substituents is 1. The third kappa shape index (κ3) is 4.08. The van der Waals surface area contributed by atoms with E-state index in [9.17, 15) is 10.1 Å². The van der Waals surface area contributed by atoms with Crippen molar-refractivity contribution < 1.29 is 9.66 Å². The van der Waals surface area contributed by atoms with E-state index in [4.69, 9.17) is 16.3 Å². The summed E-state index contributed by atoms with van der Waals surface area (Å²) in [6.45, 7) is 0.772. The Bertz CT molecular complexity index is 831. The number of hydrogen-bond acceptors (Lipinski definition) is 5. The minimum atomic E-state index is -0.425. The van der Waals surface area contributed by atoms with Gasteiger partial charge in [0.25, 0.3) is 5.69 Å². The van der Waals surface area contributed by atoms with Crippen molar-refractivity contribution in [3.8, 4) is 5.75 Å². The minimum absolute atomic E-state index is 0.0643. The quantitative estimate of drug-likeness (QED) is 0.505. The van der Waals surface area contributed by atoms with Crippen LogP contribution in [0.5, 0.6) is 5.75 Å². The molecular weight excluding hydrogens is 332 g/mol. The van der Waals surface area contributed by atoms with Gasteiger partial charge in [0.05, 0.1) is 17.7 Å². The molecule has 0 aliphatic carbocycles. The lowest BCUT2D eigenvalue weighted by molar-refractivity contribution is -0.384. The maximum atomic E-state index is 10.6. The van der Waals surface area contributed by atoms with Crippen LogP contribution in [0.2, 0.25) is 5.02 Å². The van der Waals surface area contributed by atoms with Gasteiger partial charge in [0.15, 0.2) is 0 Å². The Balaban J connectivity index is 1.58. The lowest BCUT2D eigenvalue weighted by Crippen LogP contribution is -2.00. The number of nitro benzene ring substituents is 1. The normalized spacial score (nSPS) is 10.5. The largest absolute Gasteiger partial charge is 0.487 e. The average molecular weight is 345 g/mol. The van der Waals surface area contributed by atoms with Gasteiger partial charge in [-0.15, -0.1) is 5.10 Å². The molecule has 7 nitrogen and oxygen atoms in total. The molecule has 2 aromatic carbocycles. The van der Waals surface area contributed by atoms with Gasteiger partial charge in [-0.05, 0) is 29.8 Å². The number of benzene rings is 2. The van der Waals surface area contributed by atoms with Crippen molar-refractivity contribution in [1.82, 2.24) is 15.0 Å². The molecule has 0 unspecified atom stereocenters. The highest BCUT2D eigenvalue weighted by atomic mass is 35.5. The molecule has 24 heavy (non-hydrogen) atoms. The van der Waals surface area contributed by atoms with Crippen molar-refractivity contribution in [3.63, 3.8) is 0 Å². The van der Waals surface area contributed by atoms with Crippen LogP contribution in [0.25, 0.3) is 0 Å². The van der Waals surface area contributed by atoms with E-state index >= 15 is 0 Å². The summed E-state index contributed by atoms with van der Waals surface area (Å²) < 4.78 is 7.26. The van der Waals surface area contributed by atoms with Crippen LogP contribution in [0.15, 0.2) is 54.7 Å². The standard InChI is InChI=1S/C16H13ClN4O3/c17-13-3-7-16(8-4-13)24-11-14-10-20(19-18-14)9-12-1-5-15(6-2-12)21(22)23/h1-8,10H,9,11H2. The van der Waals surface area contributed by atoms with Crippen molar-refractivity contribution >= 4 is 17.3 Å². The molecule has 0 atom stereocenters. The Morgan fingerprint density at radius 2 is 1.83 bits per heavy atom. The second-order valence-electron chi connectivity index (χ2n) is 5.07. The summed E-state index contributed by atoms with van der Waals surface area (Å²) >= 11 is 5.82. The SMILES string of the molecule is O=[N+]([O-])c1ccc(Cn2cc(COc3ccc(Cl)cc3)nn2)cc1. The highest BCUT2D eigenvalue weighted by Gasteiger charge is 2.06. The molecule has 0 spiro atoms. The Kier molecular flexibility index (Phi) is 4.72. The average Bonchev–Trinajstić information content (AvgIpc) is 3.02. The molecule has 0 saturated heterocycles. The summed E-state index contributed by atoms with van der Waals surface area (Å²) in [4.78, 5) is 10.2. The van der Waals surface area contributed by atoms with E-state index in [1.54, 1.807) is 47.3 Å². The number of ether oxygens (including phenoxy) is 1. The number of nitro groups is 1. The zero-order valence-electron chi connectivity index (χ0n) is 12.5. The molecule has 0 bridgehead atoms. The fraction of sp³-hybridized carbons (Fsp3) is 0.125. The van der Waals surface area contributed by atoms with Crippen molar-refractivity contribution in [2.24, 2.45) is 0 Å². The van der Waals surface area contributed by atoms with Crippen LogP contribution in [0.1, 0.15) is 11.3 Å². The van der Waals surface area contributed by atoms with Gasteiger partial charge in [0, 0.05) is 17.2 Å². The van der Waals surface area contributed by atoms with Gasteiger partial charge in [0.1, 0.15) is 18.1 Å². The molecule has 1 heterocycles. The smallest absolute Gasteiger partial charge is 0.269 e. The van der Waals surface area contributed by atoms with Crippen molar-refractivity contribution in [1.29, 1.82) is 0 Å². The molecule has 0 fully saturated rings. The van der Waals surface area contributed by atoms with Crippen LogP contribution in [0.4, 0.5) is 5.69 Å². The zero-order valence-corrected chi connectivity index (χ0v) is 13.3. The summed E-state index contributed by atoms with van der Waals surface area (Å²) in [5.41, 5.74) is 1.65. The van der Waals surface area contributed by atoms with Gasteiger partial charge >= 0.3 is 0 Å². The zero-order chi connectivity index (χ0) is 16.9. The number of rotatable bonds is 6. The Morgan fingerprint density at radius 1 is 1.12 bits per heavy atom. The molecule has 0 aliphatic rings. The van der Waals surface area contributed by atoms with E-state index in [0.717, 1.165) is 5.56 Å². The van der Waals surface area contributed by atoms with E-state index in [-0.39, 0.29) is 5.69 Å². The molecule has 0 aliphatic heterocycles. The first-order chi connectivity index (χ1) is 11.6. The van der Waals surface area contributed by atoms with E-state index in [1.165, 1.54) is 12.1 Å². The van der Waals surface area contributed by atoms with Gasteiger partial charge in [-0.3, -0.25) is 10.1 Å². The summed E-state index contributed by atoms with van der Waals surface area (Å²) in [5, 5.41) is 19.4. The first-order valence-corrected chi connectivity index (χ1v) is 7.49. The van der Waals surface area contributed by atoms with Crippen LogP contribution in [-0.2, 0) is 13.2 Å². The van der Waals surface area contributed by atoms with Crippen LogP contribution in [0.3, 0.4) is 0 Å². The molecule has 0 radical (unpaired) electrons. The second-order valence-corrected chi connectivity index (χ2v) is 5.51. The van der Waals surface area contributed by atoms with Gasteiger partial charge in [-0.1, -0.05) is 28.9 Å². The highest BCUT2D eigenvalue weighted by molar-refractivity contribution is 6.30. The second kappa shape index (κ2) is 7.10. The Morgan fingerprint density at radius 3 is 2.50 bits per heavy atom. The molecule has 122 valence electrons. The molecule has 0 saturated carbocycles. The van der Waals surface area contributed by atoms with E-state index in [1.807, 2.05) is 0 Å². The lowest BCUT2D eigenvalue weighted by atomic mass is 10.2. The number of hydrogen-bond donors (Lipinski definition) is 0. The number of halogens is 1. The van der Waals surface area contributed by atoms with Gasteiger partial charge in [-0.2, -0.15) is 0 Å². The first-order valence-electron chi connectivity index (χ1n) is 7.11.